The molecule has 4 aliphatic rings. The fourth-order valence-electron chi connectivity index (χ4n) is 6.17. The van der Waals surface area contributed by atoms with Crippen molar-refractivity contribution in [3.05, 3.63) is 39.4 Å². The average Bonchev–Trinajstić information content (AvgIpc) is 2.57. The van der Waals surface area contributed by atoms with Crippen LogP contribution in [0.1, 0.15) is 60.9 Å². The molecule has 4 fully saturated rings. The molecule has 0 aliphatic heterocycles. The molecule has 0 spiro atoms. The lowest BCUT2D eigenvalue weighted by Gasteiger charge is -2.56. The van der Waals surface area contributed by atoms with Crippen LogP contribution >= 0.6 is 0 Å². The van der Waals surface area contributed by atoms with Gasteiger partial charge in [0.15, 0.2) is 0 Å². The molecule has 7 heteroatoms. The number of hydrogen-bond acceptors (Lipinski definition) is 4. The van der Waals surface area contributed by atoms with E-state index < -0.39 is 10.8 Å². The van der Waals surface area contributed by atoms with Crippen LogP contribution in [-0.4, -0.2) is 16.7 Å². The highest BCUT2D eigenvalue weighted by Crippen LogP contribution is 2.61. The molecule has 4 bridgehead atoms. The SMILES string of the molecule is Cc1cccc(C(=O)NNC(=O)CC23CC4CC(CC(C4)C2)C3)c1[N+](=O)[O-]. The highest BCUT2D eigenvalue weighted by atomic mass is 16.6. The Morgan fingerprint density at radius 3 is 2.26 bits per heavy atom. The molecule has 1 aromatic carbocycles. The zero-order valence-electron chi connectivity index (χ0n) is 15.5. The van der Waals surface area contributed by atoms with Gasteiger partial charge in [-0.15, -0.1) is 0 Å². The van der Waals surface area contributed by atoms with Gasteiger partial charge in [0.25, 0.3) is 11.6 Å². The van der Waals surface area contributed by atoms with Crippen molar-refractivity contribution in [1.82, 2.24) is 10.9 Å². The first-order valence-corrected chi connectivity index (χ1v) is 9.68. The summed E-state index contributed by atoms with van der Waals surface area (Å²) in [6, 6.07) is 4.57. The fourth-order valence-corrected chi connectivity index (χ4v) is 6.17. The first-order chi connectivity index (χ1) is 12.8. The molecule has 27 heavy (non-hydrogen) atoms. The lowest BCUT2D eigenvalue weighted by molar-refractivity contribution is -0.385. The second-order valence-electron chi connectivity index (χ2n) is 8.82. The van der Waals surface area contributed by atoms with Crippen LogP contribution in [0, 0.1) is 40.2 Å². The standard InChI is InChI=1S/C20H25N3O4/c1-12-3-2-4-16(18(12)23(26)27)19(25)22-21-17(24)11-20-8-13-5-14(9-20)7-15(6-13)10-20/h2-4,13-15H,5-11H2,1H3,(H,21,24)(H,22,25). The number of carbonyl (C=O) groups is 2. The Bertz CT molecular complexity index is 769. The molecule has 0 saturated heterocycles. The maximum atomic E-state index is 12.5. The van der Waals surface area contributed by atoms with Crippen LogP contribution in [0.4, 0.5) is 5.69 Å². The zero-order chi connectivity index (χ0) is 19.2. The van der Waals surface area contributed by atoms with Crippen molar-refractivity contribution < 1.29 is 14.5 Å². The summed E-state index contributed by atoms with van der Waals surface area (Å²) in [7, 11) is 0. The lowest BCUT2D eigenvalue weighted by atomic mass is 9.49. The number of benzene rings is 1. The maximum Gasteiger partial charge on any atom is 0.285 e. The fraction of sp³-hybridized carbons (Fsp3) is 0.600. The second kappa shape index (κ2) is 6.62. The molecular formula is C20H25N3O4. The monoisotopic (exact) mass is 371 g/mol. The number of amides is 2. The smallest absolute Gasteiger partial charge is 0.273 e. The lowest BCUT2D eigenvalue weighted by Crippen LogP contribution is -2.50. The van der Waals surface area contributed by atoms with Gasteiger partial charge in [-0.05, 0) is 74.7 Å². The van der Waals surface area contributed by atoms with E-state index in [0.29, 0.717) is 12.0 Å². The minimum Gasteiger partial charge on any atom is -0.273 e. The van der Waals surface area contributed by atoms with Gasteiger partial charge >= 0.3 is 0 Å². The quantitative estimate of drug-likeness (QED) is 0.626. The highest BCUT2D eigenvalue weighted by molar-refractivity contribution is 5.99. The number of nitro groups is 1. The normalized spacial score (nSPS) is 30.8. The minimum absolute atomic E-state index is 0.0462. The zero-order valence-corrected chi connectivity index (χ0v) is 15.5. The summed E-state index contributed by atoms with van der Waals surface area (Å²) in [5.41, 5.74) is 5.06. The second-order valence-corrected chi connectivity index (χ2v) is 8.82. The Labute approximate surface area is 158 Å². The molecule has 7 nitrogen and oxygen atoms in total. The minimum atomic E-state index is -0.663. The molecule has 4 saturated carbocycles. The predicted octanol–water partition coefficient (Wildman–Crippen LogP) is 3.27. The first kappa shape index (κ1) is 17.9. The maximum absolute atomic E-state index is 12.5. The van der Waals surface area contributed by atoms with Crippen molar-refractivity contribution in [2.75, 3.05) is 0 Å². The molecule has 0 heterocycles. The third-order valence-electron chi connectivity index (χ3n) is 6.68. The van der Waals surface area contributed by atoms with Gasteiger partial charge in [-0.2, -0.15) is 0 Å². The number of nitro benzene ring substituents is 1. The van der Waals surface area contributed by atoms with Crippen molar-refractivity contribution >= 4 is 17.5 Å². The number of rotatable bonds is 4. The molecule has 0 atom stereocenters. The number of nitrogens with one attached hydrogen (secondary N) is 2. The van der Waals surface area contributed by atoms with Crippen LogP contribution < -0.4 is 10.9 Å². The summed E-state index contributed by atoms with van der Waals surface area (Å²) in [5, 5.41) is 11.2. The third-order valence-corrected chi connectivity index (χ3v) is 6.68. The number of aryl methyl sites for hydroxylation is 1. The van der Waals surface area contributed by atoms with Crippen molar-refractivity contribution in [1.29, 1.82) is 0 Å². The number of hydrogen-bond donors (Lipinski definition) is 2. The molecule has 4 aliphatic carbocycles. The van der Waals surface area contributed by atoms with Gasteiger partial charge < -0.3 is 0 Å². The summed E-state index contributed by atoms with van der Waals surface area (Å²) in [6.45, 7) is 1.58. The first-order valence-electron chi connectivity index (χ1n) is 9.68. The summed E-state index contributed by atoms with van der Waals surface area (Å²) in [4.78, 5) is 35.5. The van der Waals surface area contributed by atoms with Crippen LogP contribution in [-0.2, 0) is 4.79 Å². The molecule has 5 rings (SSSR count). The van der Waals surface area contributed by atoms with Gasteiger partial charge in [0.05, 0.1) is 4.92 Å². The topological polar surface area (TPSA) is 101 Å². The van der Waals surface area contributed by atoms with E-state index in [9.17, 15) is 19.7 Å². The van der Waals surface area contributed by atoms with Crippen LogP contribution in [0.2, 0.25) is 0 Å². The third kappa shape index (κ3) is 3.42. The molecular weight excluding hydrogens is 346 g/mol. The van der Waals surface area contributed by atoms with E-state index in [4.69, 9.17) is 0 Å². The van der Waals surface area contributed by atoms with Gasteiger partial charge in [-0.1, -0.05) is 12.1 Å². The number of nitrogens with zero attached hydrogens (tertiary/aromatic N) is 1. The average molecular weight is 371 g/mol. The van der Waals surface area contributed by atoms with E-state index in [1.807, 2.05) is 0 Å². The van der Waals surface area contributed by atoms with Crippen LogP contribution in [0.15, 0.2) is 18.2 Å². The molecule has 1 aromatic rings. The Morgan fingerprint density at radius 1 is 1.11 bits per heavy atom. The van der Waals surface area contributed by atoms with Crippen LogP contribution in [0.25, 0.3) is 0 Å². The summed E-state index contributed by atoms with van der Waals surface area (Å²) in [6.07, 6.45) is 7.71. The van der Waals surface area contributed by atoms with E-state index in [1.54, 1.807) is 19.1 Å². The number of hydrazine groups is 1. The Balaban J connectivity index is 1.38. The highest BCUT2D eigenvalue weighted by Gasteiger charge is 2.51. The Hall–Kier alpha value is -2.44. The Kier molecular flexibility index (Phi) is 4.40. The van der Waals surface area contributed by atoms with E-state index in [0.717, 1.165) is 37.0 Å². The van der Waals surface area contributed by atoms with Gasteiger partial charge in [0.1, 0.15) is 5.56 Å². The predicted molar refractivity (Wildman–Crippen MR) is 98.7 cm³/mol. The van der Waals surface area contributed by atoms with Gasteiger partial charge in [0, 0.05) is 12.0 Å². The van der Waals surface area contributed by atoms with Crippen LogP contribution in [0.3, 0.4) is 0 Å². The molecule has 0 unspecified atom stereocenters. The van der Waals surface area contributed by atoms with Gasteiger partial charge in [0.2, 0.25) is 5.91 Å². The van der Waals surface area contributed by atoms with Crippen molar-refractivity contribution in [2.45, 2.75) is 51.9 Å². The van der Waals surface area contributed by atoms with E-state index in [1.165, 1.54) is 25.3 Å². The molecule has 2 N–H and O–H groups in total. The summed E-state index contributed by atoms with van der Waals surface area (Å²) < 4.78 is 0. The van der Waals surface area contributed by atoms with Gasteiger partial charge in [-0.25, -0.2) is 0 Å². The van der Waals surface area contributed by atoms with E-state index in [2.05, 4.69) is 10.9 Å². The van der Waals surface area contributed by atoms with Crippen molar-refractivity contribution in [2.24, 2.45) is 23.2 Å². The molecule has 2 amide bonds. The van der Waals surface area contributed by atoms with Crippen molar-refractivity contribution in [3.8, 4) is 0 Å². The van der Waals surface area contributed by atoms with E-state index in [-0.39, 0.29) is 22.6 Å². The largest absolute Gasteiger partial charge is 0.285 e. The van der Waals surface area contributed by atoms with Crippen molar-refractivity contribution in [3.63, 3.8) is 0 Å². The van der Waals surface area contributed by atoms with E-state index >= 15 is 0 Å². The molecule has 144 valence electrons. The molecule has 0 radical (unpaired) electrons. The van der Waals surface area contributed by atoms with Crippen LogP contribution in [0.5, 0.6) is 0 Å². The number of carbonyl (C=O) groups excluding carboxylic acids is 2. The number of para-hydroxylation sites is 1. The molecule has 0 aromatic heterocycles. The van der Waals surface area contributed by atoms with Gasteiger partial charge in [-0.3, -0.25) is 30.6 Å². The Morgan fingerprint density at radius 2 is 1.70 bits per heavy atom. The summed E-state index contributed by atoms with van der Waals surface area (Å²) >= 11 is 0. The summed E-state index contributed by atoms with van der Waals surface area (Å²) in [5.74, 6) is 1.40.